The van der Waals surface area contributed by atoms with E-state index in [0.717, 1.165) is 12.8 Å². The van der Waals surface area contributed by atoms with Gasteiger partial charge < -0.3 is 0 Å². The van der Waals surface area contributed by atoms with Gasteiger partial charge in [0, 0.05) is 11.6 Å². The maximum atomic E-state index is 11.1. The largest absolute Gasteiger partial charge is 0.296 e. The molecule has 2 rings (SSSR count). The summed E-state index contributed by atoms with van der Waals surface area (Å²) < 4.78 is 22.1. The molecule has 70 valence electrons. The molecule has 2 aliphatic rings. The summed E-state index contributed by atoms with van der Waals surface area (Å²) in [6, 6.07) is 0.556. The lowest BCUT2D eigenvalue weighted by molar-refractivity contribution is 0.167. The van der Waals surface area contributed by atoms with E-state index in [1.807, 2.05) is 7.05 Å². The van der Waals surface area contributed by atoms with Crippen LogP contribution in [-0.2, 0) is 9.84 Å². The van der Waals surface area contributed by atoms with E-state index in [-0.39, 0.29) is 5.54 Å². The van der Waals surface area contributed by atoms with E-state index in [2.05, 4.69) is 11.8 Å². The van der Waals surface area contributed by atoms with Gasteiger partial charge in [-0.05, 0) is 26.8 Å². The average Bonchev–Trinajstić information content (AvgIpc) is 2.15. The molecular weight excluding hydrogens is 174 g/mol. The molecule has 3 nitrogen and oxygen atoms in total. The lowest BCUT2D eigenvalue weighted by atomic mass is 10.0. The zero-order valence-corrected chi connectivity index (χ0v) is 8.39. The van der Waals surface area contributed by atoms with Crippen LogP contribution < -0.4 is 0 Å². The molecule has 2 aliphatic heterocycles. The molecule has 2 heterocycles. The quantitative estimate of drug-likeness (QED) is 0.549. The maximum absolute atomic E-state index is 11.1. The fourth-order valence-electron chi connectivity index (χ4n) is 2.44. The fraction of sp³-hybridized carbons (Fsp3) is 1.00. The second-order valence-corrected chi connectivity index (χ2v) is 6.32. The molecule has 0 radical (unpaired) electrons. The molecule has 2 saturated heterocycles. The smallest absolute Gasteiger partial charge is 0.154 e. The molecule has 0 N–H and O–H groups in total. The summed E-state index contributed by atoms with van der Waals surface area (Å²) in [5, 5.41) is 0. The third-order valence-electron chi connectivity index (χ3n) is 3.41. The first-order chi connectivity index (χ1) is 5.45. The summed E-state index contributed by atoms with van der Waals surface area (Å²) >= 11 is 0. The molecule has 0 aliphatic carbocycles. The summed E-state index contributed by atoms with van der Waals surface area (Å²) in [6.45, 7) is 2.17. The van der Waals surface area contributed by atoms with Gasteiger partial charge in [0.25, 0.3) is 0 Å². The van der Waals surface area contributed by atoms with Crippen molar-refractivity contribution in [1.82, 2.24) is 4.90 Å². The lowest BCUT2D eigenvalue weighted by Gasteiger charge is -2.44. The van der Waals surface area contributed by atoms with Crippen LogP contribution in [0.2, 0.25) is 0 Å². The normalized spacial score (nSPS) is 38.3. The van der Waals surface area contributed by atoms with Crippen LogP contribution in [0.4, 0.5) is 0 Å². The van der Waals surface area contributed by atoms with Crippen molar-refractivity contribution in [2.24, 2.45) is 0 Å². The van der Waals surface area contributed by atoms with Gasteiger partial charge >= 0.3 is 0 Å². The average molecular weight is 189 g/mol. The number of hydrogen-bond donors (Lipinski definition) is 0. The molecule has 4 heteroatoms. The summed E-state index contributed by atoms with van der Waals surface area (Å²) in [6.07, 6.45) is 2.20. The van der Waals surface area contributed by atoms with Crippen LogP contribution in [0.25, 0.3) is 0 Å². The van der Waals surface area contributed by atoms with Crippen LogP contribution in [0, 0.1) is 0 Å². The Labute approximate surface area is 73.7 Å². The van der Waals surface area contributed by atoms with Crippen molar-refractivity contribution in [3.63, 3.8) is 0 Å². The third kappa shape index (κ3) is 1.01. The van der Waals surface area contributed by atoms with Gasteiger partial charge in [-0.15, -0.1) is 0 Å². The van der Waals surface area contributed by atoms with Gasteiger partial charge in [-0.25, -0.2) is 8.42 Å². The highest BCUT2D eigenvalue weighted by molar-refractivity contribution is 7.93. The molecule has 0 aromatic rings. The van der Waals surface area contributed by atoms with Crippen molar-refractivity contribution in [2.75, 3.05) is 18.6 Å². The number of nitrogens with zero attached hydrogens (tertiary/aromatic N) is 1. The van der Waals surface area contributed by atoms with Crippen molar-refractivity contribution in [3.8, 4) is 0 Å². The minimum absolute atomic E-state index is 0.0260. The van der Waals surface area contributed by atoms with E-state index in [4.69, 9.17) is 0 Å². The molecular formula is C8H15NO2S. The molecule has 0 amide bonds. The van der Waals surface area contributed by atoms with Crippen LogP contribution in [0.5, 0.6) is 0 Å². The molecule has 0 aromatic heterocycles. The monoisotopic (exact) mass is 189 g/mol. The number of sulfone groups is 1. The Kier molecular flexibility index (Phi) is 1.58. The molecule has 1 spiro atoms. The highest BCUT2D eigenvalue weighted by atomic mass is 32.2. The highest BCUT2D eigenvalue weighted by Gasteiger charge is 2.54. The van der Waals surface area contributed by atoms with E-state index >= 15 is 0 Å². The first-order valence-electron chi connectivity index (χ1n) is 4.39. The lowest BCUT2D eigenvalue weighted by Crippen LogP contribution is -2.62. The van der Waals surface area contributed by atoms with Crippen molar-refractivity contribution < 1.29 is 8.42 Å². The number of likely N-dealkylation sites (tertiary alicyclic amines) is 1. The zero-order chi connectivity index (χ0) is 8.98. The predicted molar refractivity (Wildman–Crippen MR) is 47.8 cm³/mol. The van der Waals surface area contributed by atoms with Gasteiger partial charge in [0.15, 0.2) is 9.84 Å². The summed E-state index contributed by atoms with van der Waals surface area (Å²) in [7, 11) is -0.623. The first kappa shape index (κ1) is 8.51. The second kappa shape index (κ2) is 2.23. The van der Waals surface area contributed by atoms with E-state index in [0.29, 0.717) is 17.5 Å². The van der Waals surface area contributed by atoms with Crippen molar-refractivity contribution in [3.05, 3.63) is 0 Å². The molecule has 12 heavy (non-hydrogen) atoms. The maximum Gasteiger partial charge on any atom is 0.154 e. The predicted octanol–water partition coefficient (Wildman–Crippen LogP) is 0.268. The Morgan fingerprint density at radius 2 is 2.00 bits per heavy atom. The van der Waals surface area contributed by atoms with Gasteiger partial charge in [-0.3, -0.25) is 4.90 Å². The second-order valence-electron chi connectivity index (χ2n) is 4.26. The van der Waals surface area contributed by atoms with Crippen LogP contribution in [0.1, 0.15) is 19.8 Å². The Morgan fingerprint density at radius 3 is 2.33 bits per heavy atom. The zero-order valence-electron chi connectivity index (χ0n) is 7.58. The Balaban J connectivity index is 2.17. The van der Waals surface area contributed by atoms with Crippen LogP contribution in [0.15, 0.2) is 0 Å². The first-order valence-corrected chi connectivity index (χ1v) is 6.21. The SMILES string of the molecule is CC1CCC2(CS(=O)(=O)C2)N1C. The molecule has 0 aromatic carbocycles. The molecule has 2 fully saturated rings. The number of rotatable bonds is 0. The van der Waals surface area contributed by atoms with Gasteiger partial charge in [-0.1, -0.05) is 0 Å². The Hall–Kier alpha value is -0.0900. The highest BCUT2D eigenvalue weighted by Crippen LogP contribution is 2.40. The van der Waals surface area contributed by atoms with Gasteiger partial charge in [0.2, 0.25) is 0 Å². The standard InChI is InChI=1S/C8H15NO2S/c1-7-3-4-8(9(7)2)5-12(10,11)6-8/h7H,3-6H2,1-2H3. The fourth-order valence-corrected chi connectivity index (χ4v) is 4.69. The van der Waals surface area contributed by atoms with E-state index in [9.17, 15) is 8.42 Å². The van der Waals surface area contributed by atoms with Gasteiger partial charge in [-0.2, -0.15) is 0 Å². The topological polar surface area (TPSA) is 37.4 Å². The van der Waals surface area contributed by atoms with Gasteiger partial charge in [0.05, 0.1) is 11.5 Å². The van der Waals surface area contributed by atoms with Crippen LogP contribution in [-0.4, -0.2) is 43.5 Å². The van der Waals surface area contributed by atoms with Crippen LogP contribution >= 0.6 is 0 Å². The molecule has 1 unspecified atom stereocenters. The number of hydrogen-bond acceptors (Lipinski definition) is 3. The molecule has 0 saturated carbocycles. The summed E-state index contributed by atoms with van der Waals surface area (Å²) in [4.78, 5) is 2.24. The van der Waals surface area contributed by atoms with E-state index in [1.165, 1.54) is 0 Å². The van der Waals surface area contributed by atoms with Gasteiger partial charge in [0.1, 0.15) is 0 Å². The Bertz CT molecular complexity index is 284. The molecule has 1 atom stereocenters. The van der Waals surface area contributed by atoms with Crippen LogP contribution in [0.3, 0.4) is 0 Å². The summed E-state index contributed by atoms with van der Waals surface area (Å²) in [5.41, 5.74) is 0.0260. The summed E-state index contributed by atoms with van der Waals surface area (Å²) in [5.74, 6) is 0.779. The Morgan fingerprint density at radius 1 is 1.42 bits per heavy atom. The minimum atomic E-state index is -2.67. The minimum Gasteiger partial charge on any atom is -0.296 e. The van der Waals surface area contributed by atoms with E-state index in [1.54, 1.807) is 0 Å². The van der Waals surface area contributed by atoms with Crippen molar-refractivity contribution >= 4 is 9.84 Å². The van der Waals surface area contributed by atoms with Crippen molar-refractivity contribution in [1.29, 1.82) is 0 Å². The van der Waals surface area contributed by atoms with E-state index < -0.39 is 9.84 Å². The third-order valence-corrected chi connectivity index (χ3v) is 5.37. The molecule has 0 bridgehead atoms. The van der Waals surface area contributed by atoms with Crippen molar-refractivity contribution in [2.45, 2.75) is 31.3 Å².